The third-order valence-electron chi connectivity index (χ3n) is 5.99. The van der Waals surface area contributed by atoms with Crippen LogP contribution in [0.1, 0.15) is 24.0 Å². The van der Waals surface area contributed by atoms with Gasteiger partial charge in [0.2, 0.25) is 5.88 Å². The Balaban J connectivity index is 1.31. The van der Waals surface area contributed by atoms with Crippen LogP contribution in [0.2, 0.25) is 0 Å². The zero-order valence-corrected chi connectivity index (χ0v) is 17.6. The SMILES string of the molecule is O=c1nc(OC[C@H]2COCCO2)cc2n1CCc1cc(COC3CCOCC3)ccc1-2. The summed E-state index contributed by atoms with van der Waals surface area (Å²) in [7, 11) is 0. The number of hydrogen-bond acceptors (Lipinski definition) is 7. The Labute approximate surface area is 181 Å². The first-order chi connectivity index (χ1) is 15.3. The molecule has 0 saturated carbocycles. The monoisotopic (exact) mass is 428 g/mol. The molecule has 0 bridgehead atoms. The first-order valence-electron chi connectivity index (χ1n) is 11.0. The van der Waals surface area contributed by atoms with Crippen LogP contribution in [-0.4, -0.2) is 61.4 Å². The Kier molecular flexibility index (Phi) is 6.31. The maximum atomic E-state index is 12.6. The average Bonchev–Trinajstić information content (AvgIpc) is 2.82. The highest BCUT2D eigenvalue weighted by Crippen LogP contribution is 2.31. The molecular weight excluding hydrogens is 400 g/mol. The summed E-state index contributed by atoms with van der Waals surface area (Å²) in [6, 6.07) is 8.19. The molecule has 0 radical (unpaired) electrons. The molecule has 3 aliphatic rings. The summed E-state index contributed by atoms with van der Waals surface area (Å²) < 4.78 is 29.9. The summed E-state index contributed by atoms with van der Waals surface area (Å²) in [5, 5.41) is 0. The van der Waals surface area contributed by atoms with E-state index in [9.17, 15) is 4.79 Å². The Morgan fingerprint density at radius 3 is 2.84 bits per heavy atom. The number of hydrogen-bond donors (Lipinski definition) is 0. The lowest BCUT2D eigenvalue weighted by atomic mass is 9.95. The van der Waals surface area contributed by atoms with Crippen LogP contribution in [0.3, 0.4) is 0 Å². The summed E-state index contributed by atoms with van der Waals surface area (Å²) in [4.78, 5) is 16.7. The smallest absolute Gasteiger partial charge is 0.351 e. The van der Waals surface area contributed by atoms with E-state index in [2.05, 4.69) is 23.2 Å². The highest BCUT2D eigenvalue weighted by Gasteiger charge is 2.21. The van der Waals surface area contributed by atoms with Crippen molar-refractivity contribution in [3.05, 3.63) is 45.9 Å². The highest BCUT2D eigenvalue weighted by molar-refractivity contribution is 5.67. The lowest BCUT2D eigenvalue weighted by molar-refractivity contribution is -0.102. The molecule has 2 saturated heterocycles. The molecule has 3 aliphatic heterocycles. The van der Waals surface area contributed by atoms with Gasteiger partial charge in [-0.15, -0.1) is 0 Å². The second-order valence-corrected chi connectivity index (χ2v) is 8.16. The van der Waals surface area contributed by atoms with Crippen molar-refractivity contribution in [2.75, 3.05) is 39.6 Å². The summed E-state index contributed by atoms with van der Waals surface area (Å²) in [6.45, 7) is 4.72. The van der Waals surface area contributed by atoms with E-state index >= 15 is 0 Å². The van der Waals surface area contributed by atoms with Crippen molar-refractivity contribution in [2.45, 2.75) is 44.6 Å². The van der Waals surface area contributed by atoms with Crippen LogP contribution in [0.15, 0.2) is 29.1 Å². The van der Waals surface area contributed by atoms with Crippen molar-refractivity contribution in [1.29, 1.82) is 0 Å². The molecule has 8 nitrogen and oxygen atoms in total. The zero-order chi connectivity index (χ0) is 21.0. The molecule has 1 aromatic heterocycles. The minimum Gasteiger partial charge on any atom is -0.475 e. The van der Waals surface area contributed by atoms with Crippen LogP contribution in [0, 0.1) is 0 Å². The number of aryl methyl sites for hydroxylation is 1. The average molecular weight is 428 g/mol. The van der Waals surface area contributed by atoms with Gasteiger partial charge in [-0.3, -0.25) is 4.57 Å². The van der Waals surface area contributed by atoms with Gasteiger partial charge in [-0.1, -0.05) is 18.2 Å². The quantitative estimate of drug-likeness (QED) is 0.696. The number of benzene rings is 1. The van der Waals surface area contributed by atoms with Gasteiger partial charge in [0.25, 0.3) is 0 Å². The lowest BCUT2D eigenvalue weighted by Gasteiger charge is -2.25. The van der Waals surface area contributed by atoms with E-state index in [1.165, 1.54) is 5.56 Å². The van der Waals surface area contributed by atoms with Crippen molar-refractivity contribution >= 4 is 0 Å². The van der Waals surface area contributed by atoms with Gasteiger partial charge in [-0.05, 0) is 30.4 Å². The topological polar surface area (TPSA) is 81.0 Å². The van der Waals surface area contributed by atoms with Crippen LogP contribution >= 0.6 is 0 Å². The number of nitrogens with zero attached hydrogens (tertiary/aromatic N) is 2. The molecule has 0 N–H and O–H groups in total. The molecular formula is C23H28N2O6. The fourth-order valence-electron chi connectivity index (χ4n) is 4.29. The summed E-state index contributed by atoms with van der Waals surface area (Å²) >= 11 is 0. The number of fused-ring (bicyclic) bond motifs is 3. The molecule has 0 aliphatic carbocycles. The number of aromatic nitrogens is 2. The predicted octanol–water partition coefficient (Wildman–Crippen LogP) is 1.96. The Hall–Kier alpha value is -2.26. The third kappa shape index (κ3) is 4.82. The van der Waals surface area contributed by atoms with E-state index in [-0.39, 0.29) is 17.9 Å². The van der Waals surface area contributed by atoms with E-state index < -0.39 is 0 Å². The molecule has 0 amide bonds. The van der Waals surface area contributed by atoms with Gasteiger partial charge in [0.05, 0.1) is 38.2 Å². The molecule has 5 rings (SSSR count). The van der Waals surface area contributed by atoms with Crippen LogP contribution in [-0.2, 0) is 38.5 Å². The van der Waals surface area contributed by atoms with E-state index in [4.69, 9.17) is 23.7 Å². The predicted molar refractivity (Wildman–Crippen MR) is 112 cm³/mol. The van der Waals surface area contributed by atoms with Crippen molar-refractivity contribution in [3.63, 3.8) is 0 Å². The summed E-state index contributed by atoms with van der Waals surface area (Å²) in [5.41, 5.74) is 3.97. The maximum Gasteiger partial charge on any atom is 0.351 e. The fourth-order valence-corrected chi connectivity index (χ4v) is 4.29. The molecule has 0 spiro atoms. The van der Waals surface area contributed by atoms with Gasteiger partial charge in [0.15, 0.2) is 0 Å². The van der Waals surface area contributed by atoms with Crippen molar-refractivity contribution in [1.82, 2.24) is 9.55 Å². The second-order valence-electron chi connectivity index (χ2n) is 8.16. The van der Waals surface area contributed by atoms with Crippen molar-refractivity contribution in [3.8, 4) is 17.1 Å². The first-order valence-corrected chi connectivity index (χ1v) is 11.0. The molecule has 0 unspecified atom stereocenters. The van der Waals surface area contributed by atoms with Crippen molar-refractivity contribution < 1.29 is 23.7 Å². The normalized spacial score (nSPS) is 21.4. The molecule has 1 aromatic carbocycles. The molecule has 2 fully saturated rings. The van der Waals surface area contributed by atoms with Crippen LogP contribution in [0.25, 0.3) is 11.3 Å². The number of ether oxygens (including phenoxy) is 5. The lowest BCUT2D eigenvalue weighted by Crippen LogP contribution is -2.34. The highest BCUT2D eigenvalue weighted by atomic mass is 16.6. The van der Waals surface area contributed by atoms with Crippen LogP contribution in [0.4, 0.5) is 0 Å². The van der Waals surface area contributed by atoms with Gasteiger partial charge in [0.1, 0.15) is 12.7 Å². The Morgan fingerprint density at radius 1 is 1.10 bits per heavy atom. The molecule has 2 aromatic rings. The molecule has 166 valence electrons. The van der Waals surface area contributed by atoms with Gasteiger partial charge >= 0.3 is 5.69 Å². The van der Waals surface area contributed by atoms with Crippen LogP contribution < -0.4 is 10.4 Å². The molecule has 8 heteroatoms. The van der Waals surface area contributed by atoms with E-state index in [1.54, 1.807) is 4.57 Å². The Bertz CT molecular complexity index is 963. The maximum absolute atomic E-state index is 12.6. The minimum absolute atomic E-state index is 0.139. The van der Waals surface area contributed by atoms with Gasteiger partial charge in [-0.25, -0.2) is 4.79 Å². The third-order valence-corrected chi connectivity index (χ3v) is 5.99. The molecule has 4 heterocycles. The standard InChI is InChI=1S/C23H28N2O6/c26-23-24-22(31-15-19-14-28-9-10-29-19)12-21-20-2-1-16(11-17(20)3-6-25(21)23)13-30-18-4-7-27-8-5-18/h1-2,11-12,18-19H,3-10,13-15H2/t19-/m1/s1. The van der Waals surface area contributed by atoms with E-state index in [1.807, 2.05) is 6.07 Å². The Morgan fingerprint density at radius 2 is 2.00 bits per heavy atom. The number of rotatable bonds is 6. The van der Waals surface area contributed by atoms with Crippen molar-refractivity contribution in [2.24, 2.45) is 0 Å². The molecule has 31 heavy (non-hydrogen) atoms. The minimum atomic E-state index is -0.286. The van der Waals surface area contributed by atoms with E-state index in [0.29, 0.717) is 45.5 Å². The van der Waals surface area contributed by atoms with Gasteiger partial charge < -0.3 is 23.7 Å². The van der Waals surface area contributed by atoms with E-state index in [0.717, 1.165) is 49.3 Å². The second kappa shape index (κ2) is 9.48. The van der Waals surface area contributed by atoms with Gasteiger partial charge in [-0.2, -0.15) is 4.98 Å². The van der Waals surface area contributed by atoms with Gasteiger partial charge in [0, 0.05) is 31.4 Å². The zero-order valence-electron chi connectivity index (χ0n) is 17.6. The summed E-state index contributed by atoms with van der Waals surface area (Å²) in [6.07, 6.45) is 2.83. The molecule has 1 atom stereocenters. The largest absolute Gasteiger partial charge is 0.475 e. The summed E-state index contributed by atoms with van der Waals surface area (Å²) in [5.74, 6) is 0.324. The first kappa shape index (κ1) is 20.6. The van der Waals surface area contributed by atoms with Crippen LogP contribution in [0.5, 0.6) is 5.88 Å². The fraction of sp³-hybridized carbons (Fsp3) is 0.565.